The van der Waals surface area contributed by atoms with Crippen molar-refractivity contribution in [2.45, 2.75) is 0 Å². The Morgan fingerprint density at radius 3 is 2.60 bits per heavy atom. The van der Waals surface area contributed by atoms with Crippen LogP contribution in [0.15, 0.2) is 35.0 Å². The monoisotopic (exact) mass is 292 g/mol. The lowest BCUT2D eigenvalue weighted by molar-refractivity contribution is -0.384. The van der Waals surface area contributed by atoms with Crippen molar-refractivity contribution in [2.75, 3.05) is 5.32 Å². The number of aromatic carboxylic acids is 1. The first-order chi connectivity index (χ1) is 9.49. The molecule has 2 aromatic rings. The van der Waals surface area contributed by atoms with Crippen molar-refractivity contribution in [3.63, 3.8) is 0 Å². The topological polar surface area (TPSA) is 110 Å². The van der Waals surface area contributed by atoms with Crippen molar-refractivity contribution in [2.24, 2.45) is 0 Å². The van der Waals surface area contributed by atoms with Gasteiger partial charge in [-0.15, -0.1) is 0 Å². The minimum absolute atomic E-state index is 0.0132. The largest absolute Gasteiger partial charge is 0.478 e. The highest BCUT2D eigenvalue weighted by Gasteiger charge is 2.18. The third kappa shape index (κ3) is 2.81. The molecule has 1 aromatic carbocycles. The molecule has 102 valence electrons. The maximum absolute atomic E-state index is 11.8. The molecule has 0 aliphatic carbocycles. The predicted octanol–water partition coefficient (Wildman–Crippen LogP) is 2.61. The van der Waals surface area contributed by atoms with Gasteiger partial charge in [-0.05, 0) is 17.5 Å². The van der Waals surface area contributed by atoms with Gasteiger partial charge in [0.2, 0.25) is 0 Å². The fourth-order valence-corrected chi connectivity index (χ4v) is 2.16. The number of nitro groups is 1. The summed E-state index contributed by atoms with van der Waals surface area (Å²) in [5.74, 6) is -1.82. The third-order valence-electron chi connectivity index (χ3n) is 2.48. The number of amides is 1. The summed E-state index contributed by atoms with van der Waals surface area (Å²) in [7, 11) is 0. The molecule has 0 aliphatic heterocycles. The summed E-state index contributed by atoms with van der Waals surface area (Å²) in [6.07, 6.45) is 0. The zero-order valence-electron chi connectivity index (χ0n) is 9.90. The normalized spacial score (nSPS) is 10.0. The highest BCUT2D eigenvalue weighted by atomic mass is 32.1. The maximum atomic E-state index is 11.8. The van der Waals surface area contributed by atoms with Gasteiger partial charge in [-0.2, -0.15) is 11.3 Å². The van der Waals surface area contributed by atoms with Crippen LogP contribution in [-0.2, 0) is 0 Å². The van der Waals surface area contributed by atoms with E-state index < -0.39 is 16.8 Å². The molecule has 0 atom stereocenters. The molecule has 8 heteroatoms. The van der Waals surface area contributed by atoms with Gasteiger partial charge in [0.05, 0.1) is 21.7 Å². The molecule has 0 aliphatic rings. The van der Waals surface area contributed by atoms with Gasteiger partial charge in [-0.25, -0.2) is 4.79 Å². The number of carbonyl (C=O) groups excluding carboxylic acids is 1. The van der Waals surface area contributed by atoms with Crippen molar-refractivity contribution in [3.8, 4) is 0 Å². The second kappa shape index (κ2) is 5.49. The van der Waals surface area contributed by atoms with Gasteiger partial charge in [0, 0.05) is 17.5 Å². The van der Waals surface area contributed by atoms with Crippen LogP contribution in [0.4, 0.5) is 11.4 Å². The number of non-ortho nitro benzene ring substituents is 1. The lowest BCUT2D eigenvalue weighted by atomic mass is 10.1. The molecule has 0 bridgehead atoms. The SMILES string of the molecule is O=C(Nc1ccc([N+](=O)[O-])cc1C(=O)O)c1ccsc1. The molecule has 2 rings (SSSR count). The second-order valence-electron chi connectivity index (χ2n) is 3.76. The van der Waals surface area contributed by atoms with Gasteiger partial charge in [0.1, 0.15) is 0 Å². The number of carboxylic acids is 1. The molecule has 0 saturated carbocycles. The smallest absolute Gasteiger partial charge is 0.338 e. The minimum Gasteiger partial charge on any atom is -0.478 e. The van der Waals surface area contributed by atoms with Gasteiger partial charge in [0.15, 0.2) is 0 Å². The Labute approximate surface area is 116 Å². The average Bonchev–Trinajstić information content (AvgIpc) is 2.92. The molecule has 20 heavy (non-hydrogen) atoms. The lowest BCUT2D eigenvalue weighted by Crippen LogP contribution is -2.14. The van der Waals surface area contributed by atoms with E-state index >= 15 is 0 Å². The molecule has 2 N–H and O–H groups in total. The molecule has 1 aromatic heterocycles. The average molecular weight is 292 g/mol. The minimum atomic E-state index is -1.35. The number of nitrogens with zero attached hydrogens (tertiary/aromatic N) is 1. The number of nitrogens with one attached hydrogen (secondary N) is 1. The van der Waals surface area contributed by atoms with E-state index in [1.165, 1.54) is 17.4 Å². The number of carbonyl (C=O) groups is 2. The Balaban J connectivity index is 2.34. The molecule has 0 fully saturated rings. The van der Waals surface area contributed by atoms with Crippen molar-refractivity contribution in [3.05, 3.63) is 56.3 Å². The van der Waals surface area contributed by atoms with Crippen LogP contribution in [0, 0.1) is 10.1 Å². The van der Waals surface area contributed by atoms with E-state index in [9.17, 15) is 19.7 Å². The van der Waals surface area contributed by atoms with Crippen LogP contribution in [0.2, 0.25) is 0 Å². The Hall–Kier alpha value is -2.74. The molecule has 0 saturated heterocycles. The lowest BCUT2D eigenvalue weighted by Gasteiger charge is -2.07. The number of hydrogen-bond donors (Lipinski definition) is 2. The zero-order valence-corrected chi connectivity index (χ0v) is 10.7. The Morgan fingerprint density at radius 2 is 2.05 bits per heavy atom. The summed E-state index contributed by atoms with van der Waals surface area (Å²) in [5.41, 5.74) is -0.275. The standard InChI is InChI=1S/C12H8N2O5S/c15-11(7-3-4-20-6-7)13-10-2-1-8(14(18)19)5-9(10)12(16)17/h1-6H,(H,13,15)(H,16,17). The second-order valence-corrected chi connectivity index (χ2v) is 4.54. The van der Waals surface area contributed by atoms with Crippen LogP contribution in [0.25, 0.3) is 0 Å². The maximum Gasteiger partial charge on any atom is 0.338 e. The fourth-order valence-electron chi connectivity index (χ4n) is 1.52. The number of anilines is 1. The highest BCUT2D eigenvalue weighted by Crippen LogP contribution is 2.23. The van der Waals surface area contributed by atoms with Crippen molar-refractivity contribution < 1.29 is 19.6 Å². The van der Waals surface area contributed by atoms with E-state index in [-0.39, 0.29) is 16.9 Å². The summed E-state index contributed by atoms with van der Waals surface area (Å²) in [6, 6.07) is 4.83. The van der Waals surface area contributed by atoms with Crippen LogP contribution in [0.3, 0.4) is 0 Å². The quantitative estimate of drug-likeness (QED) is 0.665. The Bertz CT molecular complexity index is 681. The van der Waals surface area contributed by atoms with E-state index in [0.29, 0.717) is 5.56 Å². The summed E-state index contributed by atoms with van der Waals surface area (Å²) < 4.78 is 0. The van der Waals surface area contributed by atoms with Gasteiger partial charge < -0.3 is 10.4 Å². The van der Waals surface area contributed by atoms with Gasteiger partial charge in [-0.3, -0.25) is 14.9 Å². The van der Waals surface area contributed by atoms with Crippen LogP contribution in [-0.4, -0.2) is 21.9 Å². The molecular formula is C12H8N2O5S. The number of carboxylic acid groups (broad SMARTS) is 1. The van der Waals surface area contributed by atoms with Gasteiger partial charge in [0.25, 0.3) is 11.6 Å². The summed E-state index contributed by atoms with van der Waals surface area (Å²) in [6.45, 7) is 0. The zero-order chi connectivity index (χ0) is 14.7. The van der Waals surface area contributed by atoms with Crippen molar-refractivity contribution in [1.29, 1.82) is 0 Å². The van der Waals surface area contributed by atoms with Crippen LogP contribution >= 0.6 is 11.3 Å². The molecule has 0 spiro atoms. The fraction of sp³-hybridized carbons (Fsp3) is 0. The van der Waals surface area contributed by atoms with Crippen molar-refractivity contribution in [1.82, 2.24) is 0 Å². The number of rotatable bonds is 4. The van der Waals surface area contributed by atoms with E-state index in [2.05, 4.69) is 5.32 Å². The molecule has 0 unspecified atom stereocenters. The summed E-state index contributed by atoms with van der Waals surface area (Å²) in [5, 5.41) is 25.4. The number of thiophene rings is 1. The van der Waals surface area contributed by atoms with Gasteiger partial charge >= 0.3 is 5.97 Å². The molecule has 1 heterocycles. The van der Waals surface area contributed by atoms with E-state index in [1.54, 1.807) is 16.8 Å². The first-order valence-corrected chi connectivity index (χ1v) is 6.28. The third-order valence-corrected chi connectivity index (χ3v) is 3.16. The molecule has 0 radical (unpaired) electrons. The van der Waals surface area contributed by atoms with Crippen LogP contribution in [0.5, 0.6) is 0 Å². The van der Waals surface area contributed by atoms with Gasteiger partial charge in [-0.1, -0.05) is 0 Å². The summed E-state index contributed by atoms with van der Waals surface area (Å²) in [4.78, 5) is 32.9. The Kier molecular flexibility index (Phi) is 3.76. The first kappa shape index (κ1) is 13.7. The first-order valence-electron chi connectivity index (χ1n) is 5.34. The van der Waals surface area contributed by atoms with Crippen LogP contribution in [0.1, 0.15) is 20.7 Å². The number of nitro benzene ring substituents is 1. The Morgan fingerprint density at radius 1 is 1.30 bits per heavy atom. The number of benzene rings is 1. The van der Waals surface area contributed by atoms with E-state index in [0.717, 1.165) is 12.1 Å². The predicted molar refractivity (Wildman–Crippen MR) is 72.3 cm³/mol. The number of hydrogen-bond acceptors (Lipinski definition) is 5. The van der Waals surface area contributed by atoms with E-state index in [1.807, 2.05) is 0 Å². The highest BCUT2D eigenvalue weighted by molar-refractivity contribution is 7.08. The molecular weight excluding hydrogens is 284 g/mol. The molecule has 7 nitrogen and oxygen atoms in total. The van der Waals surface area contributed by atoms with Crippen molar-refractivity contribution >= 4 is 34.6 Å². The van der Waals surface area contributed by atoms with E-state index in [4.69, 9.17) is 5.11 Å². The summed E-state index contributed by atoms with van der Waals surface area (Å²) >= 11 is 1.33. The van der Waals surface area contributed by atoms with Crippen LogP contribution < -0.4 is 5.32 Å². The molecule has 1 amide bonds.